The molecule has 1 aromatic heterocycles. The van der Waals surface area contributed by atoms with Gasteiger partial charge in [0.1, 0.15) is 0 Å². The highest BCUT2D eigenvalue weighted by Gasteiger charge is 2.12. The molecule has 2 heterocycles. The number of aromatic amines is 1. The van der Waals surface area contributed by atoms with Crippen molar-refractivity contribution in [1.82, 2.24) is 10.2 Å². The molecule has 0 atom stereocenters. The van der Waals surface area contributed by atoms with Crippen molar-refractivity contribution in [1.29, 1.82) is 0 Å². The lowest BCUT2D eigenvalue weighted by Crippen LogP contribution is -2.24. The van der Waals surface area contributed by atoms with Crippen LogP contribution in [0.4, 0.5) is 5.69 Å². The highest BCUT2D eigenvalue weighted by molar-refractivity contribution is 7.99. The van der Waals surface area contributed by atoms with E-state index in [2.05, 4.69) is 15.5 Å². The van der Waals surface area contributed by atoms with Crippen LogP contribution in [0.3, 0.4) is 0 Å². The van der Waals surface area contributed by atoms with Gasteiger partial charge in [0.05, 0.1) is 11.9 Å². The van der Waals surface area contributed by atoms with Crippen molar-refractivity contribution in [3.8, 4) is 0 Å². The zero-order chi connectivity index (χ0) is 8.23. The van der Waals surface area contributed by atoms with Crippen LogP contribution in [0.5, 0.6) is 0 Å². The molecule has 0 unspecified atom stereocenters. The van der Waals surface area contributed by atoms with Crippen LogP contribution < -0.4 is 5.32 Å². The van der Waals surface area contributed by atoms with Crippen LogP contribution in [-0.2, 0) is 0 Å². The van der Waals surface area contributed by atoms with Gasteiger partial charge in [-0.05, 0) is 24.3 Å². The maximum absolute atomic E-state index is 3.89. The highest BCUT2D eigenvalue weighted by Crippen LogP contribution is 2.19. The number of anilines is 1. The smallest absolute Gasteiger partial charge is 0.0725 e. The van der Waals surface area contributed by atoms with Crippen LogP contribution in [0, 0.1) is 0 Å². The van der Waals surface area contributed by atoms with Gasteiger partial charge in [-0.15, -0.1) is 0 Å². The van der Waals surface area contributed by atoms with Gasteiger partial charge in [-0.25, -0.2) is 0 Å². The first-order valence-electron chi connectivity index (χ1n) is 4.28. The maximum Gasteiger partial charge on any atom is 0.0725 e. The van der Waals surface area contributed by atoms with Crippen molar-refractivity contribution < 1.29 is 0 Å². The predicted molar refractivity (Wildman–Crippen MR) is 52.6 cm³/mol. The average Bonchev–Trinajstić information content (AvgIpc) is 2.59. The molecule has 0 aromatic carbocycles. The van der Waals surface area contributed by atoms with Gasteiger partial charge in [-0.3, -0.25) is 5.10 Å². The van der Waals surface area contributed by atoms with E-state index < -0.39 is 0 Å². The van der Waals surface area contributed by atoms with E-state index >= 15 is 0 Å². The molecular weight excluding hydrogens is 170 g/mol. The zero-order valence-corrected chi connectivity index (χ0v) is 7.73. The Hall–Kier alpha value is -0.640. The van der Waals surface area contributed by atoms with Crippen LogP contribution in [0.2, 0.25) is 0 Å². The van der Waals surface area contributed by atoms with Gasteiger partial charge in [0.15, 0.2) is 0 Å². The molecule has 1 saturated heterocycles. The summed E-state index contributed by atoms with van der Waals surface area (Å²) in [6.07, 6.45) is 6.29. The largest absolute Gasteiger partial charge is 0.380 e. The Bertz CT molecular complexity index is 216. The first-order chi connectivity index (χ1) is 5.95. The average molecular weight is 183 g/mol. The SMILES string of the molecule is c1n[nH]cc1NC1CCSCC1. The monoisotopic (exact) mass is 183 g/mol. The lowest BCUT2D eigenvalue weighted by molar-refractivity contribution is 0.667. The summed E-state index contributed by atoms with van der Waals surface area (Å²) in [5.74, 6) is 2.57. The number of nitrogens with zero attached hydrogens (tertiary/aromatic N) is 1. The standard InChI is InChI=1S/C8H13N3S/c1-3-12-4-2-7(1)11-8-5-9-10-6-8/h5-7,11H,1-4H2,(H,9,10). The minimum atomic E-state index is 0.656. The summed E-state index contributed by atoms with van der Waals surface area (Å²) in [5.41, 5.74) is 1.12. The minimum absolute atomic E-state index is 0.656. The first kappa shape index (κ1) is 7.98. The molecule has 0 spiro atoms. The molecule has 1 aromatic rings. The number of thioether (sulfide) groups is 1. The summed E-state index contributed by atoms with van der Waals surface area (Å²) in [4.78, 5) is 0. The van der Waals surface area contributed by atoms with Gasteiger partial charge >= 0.3 is 0 Å². The number of rotatable bonds is 2. The summed E-state index contributed by atoms with van der Waals surface area (Å²) in [7, 11) is 0. The van der Waals surface area contributed by atoms with Crippen LogP contribution in [0.15, 0.2) is 12.4 Å². The summed E-state index contributed by atoms with van der Waals surface area (Å²) >= 11 is 2.05. The van der Waals surface area contributed by atoms with Crippen molar-refractivity contribution in [2.45, 2.75) is 18.9 Å². The first-order valence-corrected chi connectivity index (χ1v) is 5.44. The van der Waals surface area contributed by atoms with Crippen LogP contribution in [-0.4, -0.2) is 27.7 Å². The summed E-state index contributed by atoms with van der Waals surface area (Å²) < 4.78 is 0. The fourth-order valence-electron chi connectivity index (χ4n) is 1.41. The Morgan fingerprint density at radius 3 is 3.00 bits per heavy atom. The number of hydrogen-bond donors (Lipinski definition) is 2. The van der Waals surface area contributed by atoms with E-state index in [4.69, 9.17) is 0 Å². The quantitative estimate of drug-likeness (QED) is 0.733. The molecule has 3 nitrogen and oxygen atoms in total. The van der Waals surface area contributed by atoms with E-state index in [0.717, 1.165) is 5.69 Å². The third-order valence-corrected chi connectivity index (χ3v) is 3.14. The molecule has 1 aliphatic rings. The minimum Gasteiger partial charge on any atom is -0.380 e. The molecule has 0 aliphatic carbocycles. The molecule has 0 amide bonds. The Labute approximate surface area is 76.3 Å². The topological polar surface area (TPSA) is 40.7 Å². The molecule has 0 bridgehead atoms. The molecule has 0 saturated carbocycles. The van der Waals surface area contributed by atoms with Crippen molar-refractivity contribution in [3.63, 3.8) is 0 Å². The van der Waals surface area contributed by atoms with Crippen molar-refractivity contribution in [2.75, 3.05) is 16.8 Å². The normalized spacial score (nSPS) is 19.3. The van der Waals surface area contributed by atoms with Gasteiger partial charge in [0, 0.05) is 12.2 Å². The van der Waals surface area contributed by atoms with Crippen molar-refractivity contribution in [2.24, 2.45) is 0 Å². The molecule has 0 radical (unpaired) electrons. The van der Waals surface area contributed by atoms with Crippen molar-refractivity contribution >= 4 is 17.4 Å². The molecule has 1 fully saturated rings. The fourth-order valence-corrected chi connectivity index (χ4v) is 2.51. The second kappa shape index (κ2) is 3.85. The van der Waals surface area contributed by atoms with E-state index in [9.17, 15) is 0 Å². The van der Waals surface area contributed by atoms with Gasteiger partial charge in [-0.2, -0.15) is 16.9 Å². The van der Waals surface area contributed by atoms with E-state index in [1.165, 1.54) is 24.3 Å². The van der Waals surface area contributed by atoms with E-state index in [1.807, 2.05) is 24.2 Å². The number of H-pyrrole nitrogens is 1. The van der Waals surface area contributed by atoms with Crippen LogP contribution in [0.1, 0.15) is 12.8 Å². The Morgan fingerprint density at radius 1 is 1.50 bits per heavy atom. The van der Waals surface area contributed by atoms with E-state index in [1.54, 1.807) is 0 Å². The molecular formula is C8H13N3S. The Balaban J connectivity index is 1.86. The maximum atomic E-state index is 3.89. The zero-order valence-electron chi connectivity index (χ0n) is 6.92. The second-order valence-electron chi connectivity index (χ2n) is 3.02. The summed E-state index contributed by atoms with van der Waals surface area (Å²) in [6.45, 7) is 0. The van der Waals surface area contributed by atoms with Gasteiger partial charge < -0.3 is 5.32 Å². The van der Waals surface area contributed by atoms with Crippen molar-refractivity contribution in [3.05, 3.63) is 12.4 Å². The molecule has 66 valence electrons. The summed E-state index contributed by atoms with van der Waals surface area (Å²) in [5, 5.41) is 10.2. The van der Waals surface area contributed by atoms with Gasteiger partial charge in [0.2, 0.25) is 0 Å². The molecule has 1 aliphatic heterocycles. The van der Waals surface area contributed by atoms with Crippen LogP contribution in [0.25, 0.3) is 0 Å². The lowest BCUT2D eigenvalue weighted by Gasteiger charge is -2.22. The summed E-state index contributed by atoms with van der Waals surface area (Å²) in [6, 6.07) is 0.656. The predicted octanol–water partition coefficient (Wildman–Crippen LogP) is 1.72. The third-order valence-electron chi connectivity index (χ3n) is 2.09. The van der Waals surface area contributed by atoms with Gasteiger partial charge in [-0.1, -0.05) is 0 Å². The highest BCUT2D eigenvalue weighted by atomic mass is 32.2. The third kappa shape index (κ3) is 1.94. The van der Waals surface area contributed by atoms with Gasteiger partial charge in [0.25, 0.3) is 0 Å². The fraction of sp³-hybridized carbons (Fsp3) is 0.625. The molecule has 12 heavy (non-hydrogen) atoms. The van der Waals surface area contributed by atoms with E-state index in [0.29, 0.717) is 6.04 Å². The Kier molecular flexibility index (Phi) is 2.56. The molecule has 2 N–H and O–H groups in total. The molecule has 4 heteroatoms. The van der Waals surface area contributed by atoms with E-state index in [-0.39, 0.29) is 0 Å². The Morgan fingerprint density at radius 2 is 2.33 bits per heavy atom. The number of hydrogen-bond acceptors (Lipinski definition) is 3. The van der Waals surface area contributed by atoms with Crippen LogP contribution >= 0.6 is 11.8 Å². The molecule has 2 rings (SSSR count). The number of aromatic nitrogens is 2. The lowest BCUT2D eigenvalue weighted by atomic mass is 10.1. The second-order valence-corrected chi connectivity index (χ2v) is 4.24. The number of nitrogens with one attached hydrogen (secondary N) is 2.